The maximum atomic E-state index is 12.3. The molecule has 21 heavy (non-hydrogen) atoms. The largest absolute Gasteiger partial charge is 0.369 e. The zero-order valence-electron chi connectivity index (χ0n) is 12.8. The summed E-state index contributed by atoms with van der Waals surface area (Å²) in [4.78, 5) is 27.0. The lowest BCUT2D eigenvalue weighted by Gasteiger charge is -2.34. The second-order valence-electron chi connectivity index (χ2n) is 5.72. The van der Waals surface area contributed by atoms with Crippen LogP contribution in [0, 0.1) is 13.8 Å². The maximum Gasteiger partial charge on any atom is 0.231 e. The molecule has 2 rings (SSSR count). The first kappa shape index (κ1) is 15.5. The molecule has 1 heterocycles. The average Bonchev–Trinajstić information content (AvgIpc) is 2.43. The van der Waals surface area contributed by atoms with Gasteiger partial charge in [-0.05, 0) is 30.5 Å². The Hall–Kier alpha value is -1.88. The Morgan fingerprint density at radius 1 is 1.10 bits per heavy atom. The highest BCUT2D eigenvalue weighted by Gasteiger charge is 2.21. The van der Waals surface area contributed by atoms with E-state index in [9.17, 15) is 9.59 Å². The van der Waals surface area contributed by atoms with Crippen molar-refractivity contribution < 1.29 is 9.59 Å². The molecule has 0 aliphatic carbocycles. The summed E-state index contributed by atoms with van der Waals surface area (Å²) < 4.78 is 0. The summed E-state index contributed by atoms with van der Waals surface area (Å²) in [5.41, 5.74) is 8.70. The molecule has 0 saturated carbocycles. The second kappa shape index (κ2) is 6.72. The van der Waals surface area contributed by atoms with Crippen molar-refractivity contribution in [1.82, 2.24) is 9.80 Å². The Kier molecular flexibility index (Phi) is 4.96. The van der Waals surface area contributed by atoms with Crippen molar-refractivity contribution in [3.05, 3.63) is 34.9 Å². The lowest BCUT2D eigenvalue weighted by Crippen LogP contribution is -2.51. The molecule has 0 aromatic heterocycles. The van der Waals surface area contributed by atoms with E-state index in [1.807, 2.05) is 15.9 Å². The number of nitrogens with zero attached hydrogens (tertiary/aromatic N) is 2. The monoisotopic (exact) mass is 289 g/mol. The molecule has 1 fully saturated rings. The highest BCUT2D eigenvalue weighted by Crippen LogP contribution is 2.12. The Bertz CT molecular complexity index is 534. The van der Waals surface area contributed by atoms with Gasteiger partial charge in [0.05, 0.1) is 13.0 Å². The molecule has 5 nitrogen and oxygen atoms in total. The Labute approximate surface area is 125 Å². The molecule has 5 heteroatoms. The number of carbonyl (C=O) groups excluding carboxylic acids is 2. The number of hydrogen-bond acceptors (Lipinski definition) is 3. The van der Waals surface area contributed by atoms with Gasteiger partial charge in [0.1, 0.15) is 0 Å². The van der Waals surface area contributed by atoms with Crippen molar-refractivity contribution in [3.63, 3.8) is 0 Å². The van der Waals surface area contributed by atoms with Gasteiger partial charge in [-0.15, -0.1) is 0 Å². The first-order chi connectivity index (χ1) is 9.95. The third kappa shape index (κ3) is 4.29. The van der Waals surface area contributed by atoms with E-state index >= 15 is 0 Å². The van der Waals surface area contributed by atoms with Gasteiger partial charge in [-0.1, -0.05) is 18.2 Å². The molecule has 2 N–H and O–H groups in total. The Morgan fingerprint density at radius 2 is 1.76 bits per heavy atom. The Balaban J connectivity index is 1.87. The van der Waals surface area contributed by atoms with Crippen LogP contribution in [-0.4, -0.2) is 54.3 Å². The van der Waals surface area contributed by atoms with E-state index in [1.54, 1.807) is 0 Å². The fourth-order valence-corrected chi connectivity index (χ4v) is 2.58. The van der Waals surface area contributed by atoms with Crippen molar-refractivity contribution >= 4 is 11.8 Å². The molecule has 1 saturated heterocycles. The maximum absolute atomic E-state index is 12.3. The standard InChI is InChI=1S/C16H23N3O2/c1-12-3-4-14(9-13(12)2)10-16(21)19-7-5-18(6-8-19)11-15(17)20/h3-4,9H,5-8,10-11H2,1-2H3,(H2,17,20). The van der Waals surface area contributed by atoms with Gasteiger partial charge in [0, 0.05) is 26.2 Å². The number of piperazine rings is 1. The number of amides is 2. The van der Waals surface area contributed by atoms with Crippen LogP contribution in [0.25, 0.3) is 0 Å². The molecular weight excluding hydrogens is 266 g/mol. The van der Waals surface area contributed by atoms with Crippen molar-refractivity contribution in [3.8, 4) is 0 Å². The van der Waals surface area contributed by atoms with Crippen molar-refractivity contribution in [2.45, 2.75) is 20.3 Å². The van der Waals surface area contributed by atoms with Gasteiger partial charge in [-0.2, -0.15) is 0 Å². The number of nitrogens with two attached hydrogens (primary N) is 1. The molecule has 0 radical (unpaired) electrons. The van der Waals surface area contributed by atoms with E-state index in [-0.39, 0.29) is 18.4 Å². The molecule has 0 spiro atoms. The highest BCUT2D eigenvalue weighted by atomic mass is 16.2. The number of primary amides is 1. The summed E-state index contributed by atoms with van der Waals surface area (Å²) in [6, 6.07) is 6.16. The number of benzene rings is 1. The highest BCUT2D eigenvalue weighted by molar-refractivity contribution is 5.79. The van der Waals surface area contributed by atoms with E-state index in [0.717, 1.165) is 5.56 Å². The van der Waals surface area contributed by atoms with E-state index < -0.39 is 0 Å². The minimum Gasteiger partial charge on any atom is -0.369 e. The zero-order chi connectivity index (χ0) is 15.4. The van der Waals surface area contributed by atoms with Gasteiger partial charge in [-0.25, -0.2) is 0 Å². The summed E-state index contributed by atoms with van der Waals surface area (Å²) >= 11 is 0. The first-order valence-corrected chi connectivity index (χ1v) is 7.30. The molecule has 1 aromatic carbocycles. The topological polar surface area (TPSA) is 66.6 Å². The summed E-state index contributed by atoms with van der Waals surface area (Å²) in [5.74, 6) is -0.165. The van der Waals surface area contributed by atoms with Gasteiger partial charge < -0.3 is 10.6 Å². The third-order valence-corrected chi connectivity index (χ3v) is 4.03. The molecule has 1 aliphatic heterocycles. The molecule has 0 bridgehead atoms. The van der Waals surface area contributed by atoms with E-state index in [1.165, 1.54) is 11.1 Å². The second-order valence-corrected chi connectivity index (χ2v) is 5.72. The normalized spacial score (nSPS) is 16.0. The fourth-order valence-electron chi connectivity index (χ4n) is 2.58. The van der Waals surface area contributed by atoms with Gasteiger partial charge >= 0.3 is 0 Å². The van der Waals surface area contributed by atoms with Crippen molar-refractivity contribution in [1.29, 1.82) is 0 Å². The molecule has 114 valence electrons. The minimum absolute atomic E-state index is 0.150. The first-order valence-electron chi connectivity index (χ1n) is 7.30. The molecule has 1 aliphatic rings. The molecule has 2 amide bonds. The minimum atomic E-state index is -0.315. The SMILES string of the molecule is Cc1ccc(CC(=O)N2CCN(CC(N)=O)CC2)cc1C. The van der Waals surface area contributed by atoms with Crippen LogP contribution in [-0.2, 0) is 16.0 Å². The Morgan fingerprint density at radius 3 is 2.33 bits per heavy atom. The van der Waals surface area contributed by atoms with Gasteiger partial charge in [-0.3, -0.25) is 14.5 Å². The fraction of sp³-hybridized carbons (Fsp3) is 0.500. The number of aryl methyl sites for hydroxylation is 2. The molecule has 1 aromatic rings. The van der Waals surface area contributed by atoms with Crippen LogP contribution in [0.3, 0.4) is 0 Å². The number of carbonyl (C=O) groups is 2. The van der Waals surface area contributed by atoms with Gasteiger partial charge in [0.2, 0.25) is 11.8 Å². The van der Waals surface area contributed by atoms with Crippen LogP contribution in [0.1, 0.15) is 16.7 Å². The predicted molar refractivity (Wildman–Crippen MR) is 81.8 cm³/mol. The van der Waals surface area contributed by atoms with Gasteiger partial charge in [0.25, 0.3) is 0 Å². The van der Waals surface area contributed by atoms with Crippen LogP contribution in [0.5, 0.6) is 0 Å². The van der Waals surface area contributed by atoms with Crippen LogP contribution >= 0.6 is 0 Å². The molecular formula is C16H23N3O2. The number of hydrogen-bond donors (Lipinski definition) is 1. The van der Waals surface area contributed by atoms with Crippen LogP contribution in [0.2, 0.25) is 0 Å². The van der Waals surface area contributed by atoms with Gasteiger partial charge in [0.15, 0.2) is 0 Å². The summed E-state index contributed by atoms with van der Waals surface area (Å²) in [6.45, 7) is 7.15. The van der Waals surface area contributed by atoms with E-state index in [0.29, 0.717) is 32.6 Å². The summed E-state index contributed by atoms with van der Waals surface area (Å²) in [5, 5.41) is 0. The summed E-state index contributed by atoms with van der Waals surface area (Å²) in [6.07, 6.45) is 0.441. The lowest BCUT2D eigenvalue weighted by molar-refractivity contribution is -0.132. The van der Waals surface area contributed by atoms with Crippen LogP contribution in [0.15, 0.2) is 18.2 Å². The molecule has 0 unspecified atom stereocenters. The third-order valence-electron chi connectivity index (χ3n) is 4.03. The zero-order valence-corrected chi connectivity index (χ0v) is 12.8. The quantitative estimate of drug-likeness (QED) is 0.876. The predicted octanol–water partition coefficient (Wildman–Crippen LogP) is 0.475. The van der Waals surface area contributed by atoms with E-state index in [4.69, 9.17) is 5.73 Å². The van der Waals surface area contributed by atoms with Crippen LogP contribution < -0.4 is 5.73 Å². The van der Waals surface area contributed by atoms with Crippen molar-refractivity contribution in [2.75, 3.05) is 32.7 Å². The van der Waals surface area contributed by atoms with Crippen LogP contribution in [0.4, 0.5) is 0 Å². The smallest absolute Gasteiger partial charge is 0.231 e. The molecule has 0 atom stereocenters. The lowest BCUT2D eigenvalue weighted by atomic mass is 10.0. The van der Waals surface area contributed by atoms with Crippen molar-refractivity contribution in [2.24, 2.45) is 5.73 Å². The number of rotatable bonds is 4. The van der Waals surface area contributed by atoms with E-state index in [2.05, 4.69) is 26.0 Å². The average molecular weight is 289 g/mol. The summed E-state index contributed by atoms with van der Waals surface area (Å²) in [7, 11) is 0.